The molecule has 4 fully saturated rings. The van der Waals surface area contributed by atoms with Crippen LogP contribution in [0.1, 0.15) is 97.3 Å². The smallest absolute Gasteiger partial charge is 0.215 e. The van der Waals surface area contributed by atoms with Gasteiger partial charge in [0.2, 0.25) is 10.0 Å². The molecule has 5 heteroatoms. The summed E-state index contributed by atoms with van der Waals surface area (Å²) in [6.07, 6.45) is 13.5. The Hall–Kier alpha value is -0.130. The molecule has 0 aromatic heterocycles. The van der Waals surface area contributed by atoms with E-state index in [4.69, 9.17) is 0 Å². The van der Waals surface area contributed by atoms with Gasteiger partial charge in [-0.3, -0.25) is 0 Å². The molecule has 0 aromatic carbocycles. The first-order valence-electron chi connectivity index (χ1n) is 11.5. The van der Waals surface area contributed by atoms with E-state index in [-0.39, 0.29) is 23.3 Å². The number of nitrogens with zero attached hydrogens (tertiary/aromatic N) is 1. The predicted octanol–water partition coefficient (Wildman–Crippen LogP) is 4.47. The zero-order valence-corrected chi connectivity index (χ0v) is 18.1. The summed E-state index contributed by atoms with van der Waals surface area (Å²) in [7, 11) is -3.38. The monoisotopic (exact) mass is 397 g/mol. The van der Waals surface area contributed by atoms with E-state index in [1.807, 2.05) is 4.31 Å². The highest BCUT2D eigenvalue weighted by Gasteiger charge is 2.65. The van der Waals surface area contributed by atoms with Gasteiger partial charge in [0.15, 0.2) is 0 Å². The Morgan fingerprint density at radius 2 is 1.41 bits per heavy atom. The standard InChI is InChI=1S/C22H39NO3S/c1-21(2)17-13-14-22(21,20(24)15-17)16-27(25,26)23(18-9-5-3-6-10-18)19-11-7-4-8-12-19/h17-20,24H,3-16H2,1-2H3/t17-,20-,22-/m1/s1. The van der Waals surface area contributed by atoms with Crippen LogP contribution in [0.2, 0.25) is 0 Å². The Kier molecular flexibility index (Phi) is 5.44. The fraction of sp³-hybridized carbons (Fsp3) is 1.00. The highest BCUT2D eigenvalue weighted by molar-refractivity contribution is 7.89. The maximum atomic E-state index is 13.9. The number of fused-ring (bicyclic) bond motifs is 2. The predicted molar refractivity (Wildman–Crippen MR) is 109 cm³/mol. The Bertz CT molecular complexity index is 616. The summed E-state index contributed by atoms with van der Waals surface area (Å²) in [5.74, 6) is 0.637. The third kappa shape index (κ3) is 3.30. The molecule has 4 saturated carbocycles. The molecule has 0 amide bonds. The molecule has 4 nitrogen and oxygen atoms in total. The van der Waals surface area contributed by atoms with E-state index in [9.17, 15) is 13.5 Å². The minimum atomic E-state index is -3.38. The zero-order valence-electron chi connectivity index (χ0n) is 17.3. The summed E-state index contributed by atoms with van der Waals surface area (Å²) in [5, 5.41) is 10.9. The first kappa shape index (κ1) is 20.2. The van der Waals surface area contributed by atoms with Crippen LogP contribution in [-0.2, 0) is 10.0 Å². The molecule has 156 valence electrons. The summed E-state index contributed by atoms with van der Waals surface area (Å²) in [6, 6.07) is 0.393. The molecule has 0 spiro atoms. The first-order valence-corrected chi connectivity index (χ1v) is 13.1. The SMILES string of the molecule is CC1(C)[C@@H]2CC[C@@]1(CS(=O)(=O)N(C1CCCCC1)C1CCCCC1)[C@H](O)C2. The van der Waals surface area contributed by atoms with Gasteiger partial charge in [-0.05, 0) is 56.3 Å². The van der Waals surface area contributed by atoms with Crippen molar-refractivity contribution in [2.75, 3.05) is 5.75 Å². The van der Waals surface area contributed by atoms with Gasteiger partial charge in [0, 0.05) is 17.5 Å². The van der Waals surface area contributed by atoms with Gasteiger partial charge in [0.05, 0.1) is 11.9 Å². The van der Waals surface area contributed by atoms with Crippen LogP contribution in [0.4, 0.5) is 0 Å². The highest BCUT2D eigenvalue weighted by Crippen LogP contribution is 2.66. The van der Waals surface area contributed by atoms with Crippen molar-refractivity contribution >= 4 is 10.0 Å². The molecular formula is C22H39NO3S. The number of hydrogen-bond acceptors (Lipinski definition) is 3. The number of rotatable bonds is 5. The van der Waals surface area contributed by atoms with Crippen LogP contribution in [0, 0.1) is 16.7 Å². The molecule has 0 heterocycles. The largest absolute Gasteiger partial charge is 0.392 e. The second-order valence-electron chi connectivity index (χ2n) is 10.5. The maximum absolute atomic E-state index is 13.9. The molecule has 3 atom stereocenters. The van der Waals surface area contributed by atoms with Crippen molar-refractivity contribution < 1.29 is 13.5 Å². The lowest BCUT2D eigenvalue weighted by molar-refractivity contribution is 0.0136. The van der Waals surface area contributed by atoms with Crippen LogP contribution in [0.15, 0.2) is 0 Å². The van der Waals surface area contributed by atoms with Crippen LogP contribution in [0.25, 0.3) is 0 Å². The van der Waals surface area contributed by atoms with E-state index in [0.29, 0.717) is 5.92 Å². The average molecular weight is 398 g/mol. The van der Waals surface area contributed by atoms with E-state index in [1.165, 1.54) is 12.8 Å². The maximum Gasteiger partial charge on any atom is 0.215 e. The molecule has 0 unspecified atom stereocenters. The Balaban J connectivity index is 1.64. The van der Waals surface area contributed by atoms with Crippen molar-refractivity contribution in [3.05, 3.63) is 0 Å². The number of sulfonamides is 1. The topological polar surface area (TPSA) is 57.6 Å². The Labute approximate surface area is 166 Å². The van der Waals surface area contributed by atoms with Gasteiger partial charge in [-0.2, -0.15) is 4.31 Å². The molecule has 0 saturated heterocycles. The summed E-state index contributed by atoms with van der Waals surface area (Å²) in [5.41, 5.74) is -0.525. The molecule has 4 rings (SSSR count). The van der Waals surface area contributed by atoms with Gasteiger partial charge in [-0.25, -0.2) is 8.42 Å². The number of hydrogen-bond donors (Lipinski definition) is 1. The molecule has 2 bridgehead atoms. The lowest BCUT2D eigenvalue weighted by atomic mass is 9.70. The van der Waals surface area contributed by atoms with Gasteiger partial charge in [0.1, 0.15) is 0 Å². The fourth-order valence-electron chi connectivity index (χ4n) is 7.20. The lowest BCUT2D eigenvalue weighted by Crippen LogP contribution is -2.54. The summed E-state index contributed by atoms with van der Waals surface area (Å²) >= 11 is 0. The van der Waals surface area contributed by atoms with Crippen molar-refractivity contribution in [2.24, 2.45) is 16.7 Å². The summed E-state index contributed by atoms with van der Waals surface area (Å²) < 4.78 is 29.8. The van der Waals surface area contributed by atoms with Crippen LogP contribution in [0.3, 0.4) is 0 Å². The van der Waals surface area contributed by atoms with Gasteiger partial charge in [0.25, 0.3) is 0 Å². The van der Waals surface area contributed by atoms with E-state index in [0.717, 1.165) is 70.6 Å². The molecular weight excluding hydrogens is 358 g/mol. The molecule has 4 aliphatic rings. The lowest BCUT2D eigenvalue weighted by Gasteiger charge is -2.45. The first-order chi connectivity index (χ1) is 12.8. The van der Waals surface area contributed by atoms with E-state index < -0.39 is 21.5 Å². The average Bonchev–Trinajstić information content (AvgIpc) is 2.97. The number of aliphatic hydroxyl groups is 1. The van der Waals surface area contributed by atoms with E-state index in [2.05, 4.69) is 13.8 Å². The van der Waals surface area contributed by atoms with E-state index in [1.54, 1.807) is 0 Å². The second-order valence-corrected chi connectivity index (χ2v) is 12.4. The third-order valence-electron chi connectivity index (χ3n) is 9.02. The normalized spacial score (nSPS) is 37.9. The third-order valence-corrected chi connectivity index (χ3v) is 11.1. The quantitative estimate of drug-likeness (QED) is 0.744. The van der Waals surface area contributed by atoms with Crippen molar-refractivity contribution in [1.29, 1.82) is 0 Å². The molecule has 4 aliphatic carbocycles. The Morgan fingerprint density at radius 1 is 0.889 bits per heavy atom. The van der Waals surface area contributed by atoms with Gasteiger partial charge >= 0.3 is 0 Å². The second kappa shape index (κ2) is 7.28. The van der Waals surface area contributed by atoms with Gasteiger partial charge < -0.3 is 5.11 Å². The van der Waals surface area contributed by atoms with Crippen molar-refractivity contribution in [2.45, 2.75) is 116 Å². The number of aliphatic hydroxyl groups excluding tert-OH is 1. The van der Waals surface area contributed by atoms with E-state index >= 15 is 0 Å². The molecule has 1 N–H and O–H groups in total. The molecule has 0 aromatic rings. The summed E-state index contributed by atoms with van der Waals surface area (Å²) in [4.78, 5) is 0. The van der Waals surface area contributed by atoms with Gasteiger partial charge in [-0.15, -0.1) is 0 Å². The fourth-order valence-corrected chi connectivity index (χ4v) is 10.0. The minimum absolute atomic E-state index is 0.0791. The zero-order chi connectivity index (χ0) is 19.3. The van der Waals surface area contributed by atoms with Gasteiger partial charge in [-0.1, -0.05) is 52.4 Å². The van der Waals surface area contributed by atoms with Crippen LogP contribution < -0.4 is 0 Å². The van der Waals surface area contributed by atoms with Crippen LogP contribution in [0.5, 0.6) is 0 Å². The highest BCUT2D eigenvalue weighted by atomic mass is 32.2. The summed E-state index contributed by atoms with van der Waals surface area (Å²) in [6.45, 7) is 4.42. The van der Waals surface area contributed by atoms with Crippen molar-refractivity contribution in [3.63, 3.8) is 0 Å². The van der Waals surface area contributed by atoms with Crippen molar-refractivity contribution in [1.82, 2.24) is 4.31 Å². The van der Waals surface area contributed by atoms with Crippen LogP contribution in [-0.4, -0.2) is 41.8 Å². The molecule has 27 heavy (non-hydrogen) atoms. The Morgan fingerprint density at radius 3 is 1.81 bits per heavy atom. The molecule has 0 radical (unpaired) electrons. The molecule has 0 aliphatic heterocycles. The van der Waals surface area contributed by atoms with Crippen LogP contribution >= 0.6 is 0 Å². The van der Waals surface area contributed by atoms with Crippen molar-refractivity contribution in [3.8, 4) is 0 Å². The minimum Gasteiger partial charge on any atom is -0.392 e.